The summed E-state index contributed by atoms with van der Waals surface area (Å²) in [6, 6.07) is 9.05. The molecule has 2 atom stereocenters. The largest absolute Gasteiger partial charge is 0.369 e. The number of aliphatic imine (C=N–C) groups is 1. The maximum absolute atomic E-state index is 4.88. The molecule has 2 N–H and O–H groups in total. The lowest BCUT2D eigenvalue weighted by molar-refractivity contribution is 0.343. The van der Waals surface area contributed by atoms with Gasteiger partial charge in [-0.25, -0.2) is 0 Å². The van der Waals surface area contributed by atoms with Crippen LogP contribution in [0.1, 0.15) is 26.7 Å². The molecule has 1 aromatic carbocycles. The van der Waals surface area contributed by atoms with Crippen LogP contribution in [0.3, 0.4) is 0 Å². The number of hydrogen-bond acceptors (Lipinski definition) is 3. The van der Waals surface area contributed by atoms with Gasteiger partial charge in [0.05, 0.1) is 0 Å². The van der Waals surface area contributed by atoms with E-state index in [1.54, 1.807) is 0 Å². The summed E-state index contributed by atoms with van der Waals surface area (Å²) in [6.45, 7) is 11.9. The number of anilines is 1. The fourth-order valence-corrected chi connectivity index (χ4v) is 4.11. The molecule has 7 heteroatoms. The van der Waals surface area contributed by atoms with E-state index < -0.39 is 0 Å². The van der Waals surface area contributed by atoms with Gasteiger partial charge in [0.2, 0.25) is 0 Å². The van der Waals surface area contributed by atoms with E-state index in [-0.39, 0.29) is 24.0 Å². The first kappa shape index (κ1) is 22.7. The maximum Gasteiger partial charge on any atom is 0.191 e. The molecular formula is C20H33BrIN5. The molecule has 2 unspecified atom stereocenters. The lowest BCUT2D eigenvalue weighted by atomic mass is 10.1. The first-order chi connectivity index (χ1) is 12.7. The summed E-state index contributed by atoms with van der Waals surface area (Å²) < 4.78 is 1.13. The number of hydrogen-bond donors (Lipinski definition) is 2. The van der Waals surface area contributed by atoms with Crippen molar-refractivity contribution in [2.45, 2.75) is 32.7 Å². The second kappa shape index (κ2) is 11.5. The summed E-state index contributed by atoms with van der Waals surface area (Å²) in [7, 11) is 0. The fraction of sp³-hybridized carbons (Fsp3) is 0.650. The highest BCUT2D eigenvalue weighted by Gasteiger charge is 2.24. The van der Waals surface area contributed by atoms with Crippen molar-refractivity contribution in [1.29, 1.82) is 0 Å². The molecule has 2 saturated heterocycles. The van der Waals surface area contributed by atoms with Gasteiger partial charge in [0, 0.05) is 48.9 Å². The van der Waals surface area contributed by atoms with Crippen molar-refractivity contribution in [3.8, 4) is 0 Å². The summed E-state index contributed by atoms with van der Waals surface area (Å²) in [4.78, 5) is 9.85. The molecule has 0 aliphatic carbocycles. The van der Waals surface area contributed by atoms with Gasteiger partial charge < -0.3 is 20.4 Å². The number of guanidine groups is 1. The van der Waals surface area contributed by atoms with Crippen LogP contribution in [0.4, 0.5) is 5.69 Å². The van der Waals surface area contributed by atoms with E-state index >= 15 is 0 Å². The molecular weight excluding hydrogens is 517 g/mol. The zero-order valence-corrected chi connectivity index (χ0v) is 20.4. The molecule has 2 aliphatic heterocycles. The minimum atomic E-state index is 0. The topological polar surface area (TPSA) is 42.9 Å². The third-order valence-electron chi connectivity index (χ3n) is 5.39. The molecule has 27 heavy (non-hydrogen) atoms. The Morgan fingerprint density at radius 3 is 2.59 bits per heavy atom. The molecule has 0 radical (unpaired) electrons. The van der Waals surface area contributed by atoms with Gasteiger partial charge in [-0.1, -0.05) is 22.9 Å². The number of likely N-dealkylation sites (tertiary alicyclic amines) is 1. The van der Waals surface area contributed by atoms with Gasteiger partial charge in [-0.3, -0.25) is 4.99 Å². The van der Waals surface area contributed by atoms with E-state index in [2.05, 4.69) is 74.5 Å². The summed E-state index contributed by atoms with van der Waals surface area (Å²) in [5, 5.41) is 7.07. The minimum Gasteiger partial charge on any atom is -0.369 e. The van der Waals surface area contributed by atoms with E-state index in [0.717, 1.165) is 49.6 Å². The third-order valence-corrected chi connectivity index (χ3v) is 5.92. The molecule has 152 valence electrons. The molecule has 3 rings (SSSR count). The highest BCUT2D eigenvalue weighted by atomic mass is 127. The van der Waals surface area contributed by atoms with Crippen molar-refractivity contribution in [2.24, 2.45) is 10.9 Å². The first-order valence-electron chi connectivity index (χ1n) is 9.95. The summed E-state index contributed by atoms with van der Waals surface area (Å²) in [5.74, 6) is 1.68. The lowest BCUT2D eigenvalue weighted by Crippen LogP contribution is -2.45. The van der Waals surface area contributed by atoms with Gasteiger partial charge in [0.1, 0.15) is 0 Å². The Hall–Kier alpha value is -0.540. The molecule has 0 bridgehead atoms. The normalized spacial score (nSPS) is 23.4. The van der Waals surface area contributed by atoms with Crippen LogP contribution < -0.4 is 15.5 Å². The number of benzene rings is 1. The van der Waals surface area contributed by atoms with Crippen molar-refractivity contribution in [3.63, 3.8) is 0 Å². The predicted molar refractivity (Wildman–Crippen MR) is 130 cm³/mol. The molecule has 2 fully saturated rings. The maximum atomic E-state index is 4.88. The summed E-state index contributed by atoms with van der Waals surface area (Å²) in [6.07, 6.45) is 2.42. The van der Waals surface area contributed by atoms with Crippen molar-refractivity contribution in [3.05, 3.63) is 28.7 Å². The molecule has 5 nitrogen and oxygen atoms in total. The highest BCUT2D eigenvalue weighted by Crippen LogP contribution is 2.22. The Morgan fingerprint density at radius 1 is 1.15 bits per heavy atom. The van der Waals surface area contributed by atoms with Gasteiger partial charge in [0.15, 0.2) is 5.96 Å². The summed E-state index contributed by atoms with van der Waals surface area (Å²) in [5.41, 5.74) is 1.30. The second-order valence-corrected chi connectivity index (χ2v) is 8.24. The molecule has 2 aliphatic rings. The summed E-state index contributed by atoms with van der Waals surface area (Å²) >= 11 is 3.51. The van der Waals surface area contributed by atoms with Crippen molar-refractivity contribution >= 4 is 51.6 Å². The van der Waals surface area contributed by atoms with Crippen molar-refractivity contribution in [1.82, 2.24) is 15.5 Å². The van der Waals surface area contributed by atoms with Crippen LogP contribution in [0.15, 0.2) is 33.7 Å². The van der Waals surface area contributed by atoms with Crippen LogP contribution in [0, 0.1) is 5.92 Å². The Bertz CT molecular complexity index is 595. The Kier molecular flexibility index (Phi) is 9.65. The monoisotopic (exact) mass is 549 g/mol. The van der Waals surface area contributed by atoms with E-state index in [1.807, 2.05) is 0 Å². The van der Waals surface area contributed by atoms with Gasteiger partial charge in [-0.05, 0) is 63.0 Å². The molecule has 2 heterocycles. The first-order valence-corrected chi connectivity index (χ1v) is 10.7. The van der Waals surface area contributed by atoms with Crippen LogP contribution in [-0.4, -0.2) is 62.7 Å². The van der Waals surface area contributed by atoms with Crippen molar-refractivity contribution < 1.29 is 0 Å². The zero-order chi connectivity index (χ0) is 18.4. The number of rotatable bonds is 6. The SMILES string of the molecule is CCNC(=NCC1CCN(CC)C1)NC1CCN(c2ccc(Br)cc2)C1.I. The molecule has 0 spiro atoms. The van der Waals surface area contributed by atoms with E-state index in [9.17, 15) is 0 Å². The van der Waals surface area contributed by atoms with Crippen LogP contribution in [0.25, 0.3) is 0 Å². The van der Waals surface area contributed by atoms with Gasteiger partial charge in [-0.15, -0.1) is 24.0 Å². The molecule has 1 aromatic rings. The van der Waals surface area contributed by atoms with Crippen LogP contribution in [0.5, 0.6) is 0 Å². The predicted octanol–water partition coefficient (Wildman–Crippen LogP) is 3.54. The Labute approximate surface area is 189 Å². The fourth-order valence-electron chi connectivity index (χ4n) is 3.85. The lowest BCUT2D eigenvalue weighted by Gasteiger charge is -2.21. The van der Waals surface area contributed by atoms with E-state index in [4.69, 9.17) is 4.99 Å². The quantitative estimate of drug-likeness (QED) is 0.323. The number of halogens is 2. The van der Waals surface area contributed by atoms with Crippen LogP contribution >= 0.6 is 39.9 Å². The average Bonchev–Trinajstić information content (AvgIpc) is 3.30. The van der Waals surface area contributed by atoms with Gasteiger partial charge in [0.25, 0.3) is 0 Å². The smallest absolute Gasteiger partial charge is 0.191 e. The standard InChI is InChI=1S/C20H32BrN5.HI/c1-3-22-20(23-13-16-9-11-25(4-2)14-16)24-18-10-12-26(15-18)19-7-5-17(21)6-8-19;/h5-8,16,18H,3-4,9-15H2,1-2H3,(H2,22,23,24);1H. The van der Waals surface area contributed by atoms with Gasteiger partial charge in [-0.2, -0.15) is 0 Å². The highest BCUT2D eigenvalue weighted by molar-refractivity contribution is 14.0. The van der Waals surface area contributed by atoms with Gasteiger partial charge >= 0.3 is 0 Å². The third kappa shape index (κ3) is 6.78. The average molecular weight is 550 g/mol. The molecule has 0 saturated carbocycles. The second-order valence-electron chi connectivity index (χ2n) is 7.32. The zero-order valence-electron chi connectivity index (χ0n) is 16.5. The van der Waals surface area contributed by atoms with Crippen LogP contribution in [-0.2, 0) is 0 Å². The number of nitrogens with one attached hydrogen (secondary N) is 2. The Balaban J connectivity index is 0.00000261. The molecule has 0 aromatic heterocycles. The Morgan fingerprint density at radius 2 is 1.93 bits per heavy atom. The van der Waals surface area contributed by atoms with E-state index in [1.165, 1.54) is 25.2 Å². The van der Waals surface area contributed by atoms with E-state index in [0.29, 0.717) is 12.0 Å². The number of nitrogens with zero attached hydrogens (tertiary/aromatic N) is 3. The van der Waals surface area contributed by atoms with Crippen molar-refractivity contribution in [2.75, 3.05) is 50.7 Å². The van der Waals surface area contributed by atoms with Crippen LogP contribution in [0.2, 0.25) is 0 Å². The minimum absolute atomic E-state index is 0. The molecule has 0 amide bonds.